The number of unbranched alkanes of at least 4 members (excludes halogenated alkanes) is 18. The molecule has 274 valence electrons. The molecule has 0 rings (SSSR count). The maximum Gasteiger partial charge on any atom is 0.261 e. The van der Waals surface area contributed by atoms with Gasteiger partial charge >= 0.3 is 0 Å². The summed E-state index contributed by atoms with van der Waals surface area (Å²) in [5, 5.41) is 12.0. The second-order valence-corrected chi connectivity index (χ2v) is 29.9. The molecule has 1 nitrogen and oxygen atoms in total. The summed E-state index contributed by atoms with van der Waals surface area (Å²) in [6.07, 6.45) is 34.7. The molecular formula is C40H93AlOSi3. The van der Waals surface area contributed by atoms with E-state index in [2.05, 4.69) is 60.1 Å². The van der Waals surface area contributed by atoms with Gasteiger partial charge in [-0.25, -0.2) is 0 Å². The van der Waals surface area contributed by atoms with Gasteiger partial charge in [-0.3, -0.25) is 0 Å². The Morgan fingerprint density at radius 2 is 0.667 bits per heavy atom. The molecule has 0 aliphatic rings. The molecule has 0 aliphatic heterocycles. The summed E-state index contributed by atoms with van der Waals surface area (Å²) >= 11 is -0.458. The fourth-order valence-corrected chi connectivity index (χ4v) is 13.3. The van der Waals surface area contributed by atoms with Crippen molar-refractivity contribution in [1.29, 1.82) is 0 Å². The van der Waals surface area contributed by atoms with Crippen molar-refractivity contribution in [1.82, 2.24) is 0 Å². The van der Waals surface area contributed by atoms with E-state index in [4.69, 9.17) is 5.11 Å². The van der Waals surface area contributed by atoms with Crippen LogP contribution in [0.5, 0.6) is 0 Å². The molecule has 0 spiro atoms. The van der Waals surface area contributed by atoms with Crippen LogP contribution in [0.3, 0.4) is 0 Å². The van der Waals surface area contributed by atoms with Gasteiger partial charge in [-0.2, -0.15) is 0 Å². The minimum atomic E-state index is -0.458. The zero-order valence-corrected chi connectivity index (χ0v) is 38.5. The van der Waals surface area contributed by atoms with E-state index in [0.29, 0.717) is 0 Å². The molecule has 0 bridgehead atoms. The van der Waals surface area contributed by atoms with Gasteiger partial charge < -0.3 is 5.11 Å². The van der Waals surface area contributed by atoms with Crippen molar-refractivity contribution in [3.63, 3.8) is 0 Å². The lowest BCUT2D eigenvalue weighted by Crippen LogP contribution is -2.12. The van der Waals surface area contributed by atoms with Gasteiger partial charge in [-0.1, -0.05) is 242 Å². The third-order valence-corrected chi connectivity index (χ3v) is 17.9. The van der Waals surface area contributed by atoms with Crippen molar-refractivity contribution in [2.24, 2.45) is 5.92 Å². The Bertz CT molecular complexity index is 445. The molecular weight excluding hydrogens is 608 g/mol. The first-order valence-electron chi connectivity index (χ1n) is 21.1. The smallest absolute Gasteiger partial charge is 0.261 e. The van der Waals surface area contributed by atoms with Crippen molar-refractivity contribution in [3.8, 4) is 0 Å². The highest BCUT2D eigenvalue weighted by atomic mass is 28.3. The minimum Gasteiger partial charge on any atom is -0.400 e. The SMILES string of the molecule is CC(C)CCCCCCC[CH2][Al]([CH2]CCCCCCC[SiH](C)C)[CH2]CCCCCCC[SiH](C)C.CCCCCC[SiH](C)C.CO. The molecule has 0 fully saturated rings. The highest BCUT2D eigenvalue weighted by Crippen LogP contribution is 2.21. The molecule has 0 unspecified atom stereocenters. The van der Waals surface area contributed by atoms with Crippen LogP contribution in [0, 0.1) is 5.92 Å². The first-order valence-corrected chi connectivity index (χ1v) is 33.0. The summed E-state index contributed by atoms with van der Waals surface area (Å²) < 4.78 is 0. The predicted octanol–water partition coefficient (Wildman–Crippen LogP) is 14.2. The normalized spacial score (nSPS) is 11.3. The van der Waals surface area contributed by atoms with Crippen LogP contribution in [0.15, 0.2) is 0 Å². The largest absolute Gasteiger partial charge is 0.400 e. The Hall–Kier alpha value is 1.14. The van der Waals surface area contributed by atoms with Crippen LogP contribution in [0.1, 0.15) is 168 Å². The lowest BCUT2D eigenvalue weighted by molar-refractivity contribution is 0.399. The monoisotopic (exact) mass is 701 g/mol. The molecule has 0 atom stereocenters. The molecule has 0 aromatic heterocycles. The van der Waals surface area contributed by atoms with Crippen LogP contribution in [0.2, 0.25) is 73.3 Å². The molecule has 0 aliphatic carbocycles. The maximum atomic E-state index is 7.00. The summed E-state index contributed by atoms with van der Waals surface area (Å²) in [5.74, 6) is 0.898. The van der Waals surface area contributed by atoms with Gasteiger partial charge in [0.05, 0.1) is 0 Å². The van der Waals surface area contributed by atoms with E-state index in [9.17, 15) is 0 Å². The van der Waals surface area contributed by atoms with Gasteiger partial charge in [0.2, 0.25) is 0 Å². The van der Waals surface area contributed by atoms with Crippen LogP contribution >= 0.6 is 0 Å². The third-order valence-electron chi connectivity index (χ3n) is 9.57. The lowest BCUT2D eigenvalue weighted by atomic mass is 10.0. The van der Waals surface area contributed by atoms with Crippen LogP contribution < -0.4 is 0 Å². The van der Waals surface area contributed by atoms with Crippen molar-refractivity contribution < 1.29 is 5.11 Å². The molecule has 45 heavy (non-hydrogen) atoms. The Morgan fingerprint density at radius 3 is 0.956 bits per heavy atom. The fourth-order valence-electron chi connectivity index (χ4n) is 6.49. The van der Waals surface area contributed by atoms with E-state index in [0.717, 1.165) is 13.0 Å². The topological polar surface area (TPSA) is 20.2 Å². The third kappa shape index (κ3) is 52.1. The molecule has 1 N–H and O–H groups in total. The van der Waals surface area contributed by atoms with Crippen molar-refractivity contribution in [2.75, 3.05) is 7.11 Å². The summed E-state index contributed by atoms with van der Waals surface area (Å²) in [6, 6.07) is 4.71. The van der Waals surface area contributed by atoms with Gasteiger partial charge in [0.15, 0.2) is 0 Å². The molecule has 0 saturated carbocycles. The van der Waals surface area contributed by atoms with E-state index in [1.807, 2.05) is 0 Å². The molecule has 0 radical (unpaired) electrons. The summed E-state index contributed by atoms with van der Waals surface area (Å²) in [4.78, 5) is 0. The van der Waals surface area contributed by atoms with Crippen LogP contribution in [0.25, 0.3) is 0 Å². The zero-order valence-electron chi connectivity index (χ0n) is 33.8. The van der Waals surface area contributed by atoms with Crippen molar-refractivity contribution in [2.45, 2.75) is 242 Å². The standard InChI is InChI=1S/C11H23.2C10H23Si.C8H20Si.CH4O.Al/c3*1-4-5-6-7-8-9-10-11(2)3;1-4-5-6-7-8-9(2)3;1-2;/h3*11H,1,4-10H2,2-3H3;9H,4-8H2,1-3H3;2H,1H3;. The Labute approximate surface area is 298 Å². The second-order valence-electron chi connectivity index (χ2n) is 16.4. The highest BCUT2D eigenvalue weighted by molar-refractivity contribution is 6.58. The van der Waals surface area contributed by atoms with Gasteiger partial charge in [0, 0.05) is 33.5 Å². The van der Waals surface area contributed by atoms with Crippen LogP contribution in [-0.4, -0.2) is 52.8 Å². The van der Waals surface area contributed by atoms with Crippen molar-refractivity contribution in [3.05, 3.63) is 0 Å². The first kappa shape index (κ1) is 50.5. The van der Waals surface area contributed by atoms with Gasteiger partial charge in [0.1, 0.15) is 0 Å². The molecule has 0 aromatic rings. The first-order chi connectivity index (χ1) is 21.7. The molecule has 0 saturated heterocycles. The Balaban J connectivity index is -0.00000136. The highest BCUT2D eigenvalue weighted by Gasteiger charge is 2.15. The predicted molar refractivity (Wildman–Crippen MR) is 226 cm³/mol. The lowest BCUT2D eigenvalue weighted by Gasteiger charge is -2.12. The quantitative estimate of drug-likeness (QED) is 0.0547. The number of aliphatic hydroxyl groups excluding tert-OH is 1. The van der Waals surface area contributed by atoms with Crippen molar-refractivity contribution >= 4 is 40.5 Å². The molecule has 0 heterocycles. The number of hydrogen-bond donors (Lipinski definition) is 1. The summed E-state index contributed by atoms with van der Waals surface area (Å²) in [6.45, 7) is 21.9. The Morgan fingerprint density at radius 1 is 0.400 bits per heavy atom. The number of aliphatic hydroxyl groups is 1. The zero-order chi connectivity index (χ0) is 34.4. The maximum absolute atomic E-state index is 7.00. The number of hydrogen-bond acceptors (Lipinski definition) is 1. The van der Waals surface area contributed by atoms with Crippen LogP contribution in [0.4, 0.5) is 0 Å². The number of rotatable bonds is 32. The molecule has 5 heteroatoms. The molecule has 0 amide bonds. The molecule has 0 aromatic carbocycles. The Kier molecular flexibility index (Phi) is 48.5. The average Bonchev–Trinajstić information content (AvgIpc) is 2.99. The van der Waals surface area contributed by atoms with E-state index in [1.54, 1.807) is 53.2 Å². The average molecular weight is 701 g/mol. The van der Waals surface area contributed by atoms with Gasteiger partial charge in [0.25, 0.3) is 14.1 Å². The van der Waals surface area contributed by atoms with Gasteiger partial charge in [-0.05, 0) is 5.92 Å². The second kappa shape index (κ2) is 43.2. The van der Waals surface area contributed by atoms with E-state index < -0.39 is 14.1 Å². The van der Waals surface area contributed by atoms with Crippen LogP contribution in [-0.2, 0) is 0 Å². The fraction of sp³-hybridized carbons (Fsp3) is 1.00. The summed E-state index contributed by atoms with van der Waals surface area (Å²) in [5.41, 5.74) is 0. The van der Waals surface area contributed by atoms with Gasteiger partial charge in [-0.15, -0.1) is 0 Å². The van der Waals surface area contributed by atoms with E-state index >= 15 is 0 Å². The van der Waals surface area contributed by atoms with E-state index in [-0.39, 0.29) is 26.4 Å². The minimum absolute atomic E-state index is 0.213. The summed E-state index contributed by atoms with van der Waals surface area (Å²) in [7, 11) is 0.194. The van der Waals surface area contributed by atoms with E-state index in [1.165, 1.54) is 128 Å².